The minimum atomic E-state index is -0.521. The number of benzene rings is 1. The van der Waals surface area contributed by atoms with Gasteiger partial charge in [-0.2, -0.15) is 0 Å². The SMILES string of the molecule is CCNC(=NCc1cc(OC)c(OC)cc1OC)NCCNC(=O)OC(C)(C)C. The van der Waals surface area contributed by atoms with Gasteiger partial charge in [-0.3, -0.25) is 0 Å². The summed E-state index contributed by atoms with van der Waals surface area (Å²) in [6, 6.07) is 3.61. The van der Waals surface area contributed by atoms with Gasteiger partial charge >= 0.3 is 6.09 Å². The first kappa shape index (κ1) is 24.2. The second-order valence-corrected chi connectivity index (χ2v) is 7.07. The van der Waals surface area contributed by atoms with Crippen LogP contribution in [-0.4, -0.2) is 58.6 Å². The number of nitrogens with one attached hydrogen (secondary N) is 3. The van der Waals surface area contributed by atoms with E-state index >= 15 is 0 Å². The number of carbonyl (C=O) groups is 1. The van der Waals surface area contributed by atoms with Gasteiger partial charge in [0.15, 0.2) is 17.5 Å². The molecule has 9 heteroatoms. The van der Waals surface area contributed by atoms with Crippen molar-refractivity contribution in [2.75, 3.05) is 41.0 Å². The Balaban J connectivity index is 2.71. The number of amides is 1. The van der Waals surface area contributed by atoms with E-state index < -0.39 is 11.7 Å². The van der Waals surface area contributed by atoms with E-state index in [1.807, 2.05) is 33.8 Å². The van der Waals surface area contributed by atoms with Crippen molar-refractivity contribution in [1.29, 1.82) is 0 Å². The highest BCUT2D eigenvalue weighted by Gasteiger charge is 2.15. The number of rotatable bonds is 9. The van der Waals surface area contributed by atoms with Crippen molar-refractivity contribution in [3.05, 3.63) is 17.7 Å². The number of hydrogen-bond donors (Lipinski definition) is 3. The van der Waals surface area contributed by atoms with Crippen molar-refractivity contribution in [3.63, 3.8) is 0 Å². The van der Waals surface area contributed by atoms with Crippen LogP contribution < -0.4 is 30.2 Å². The largest absolute Gasteiger partial charge is 0.496 e. The lowest BCUT2D eigenvalue weighted by molar-refractivity contribution is 0.0529. The van der Waals surface area contributed by atoms with E-state index in [9.17, 15) is 4.79 Å². The molecule has 0 bridgehead atoms. The fourth-order valence-corrected chi connectivity index (χ4v) is 2.38. The number of alkyl carbamates (subject to hydrolysis) is 1. The summed E-state index contributed by atoms with van der Waals surface area (Å²) < 4.78 is 21.3. The summed E-state index contributed by atoms with van der Waals surface area (Å²) in [5.41, 5.74) is 0.334. The first-order valence-electron chi connectivity index (χ1n) is 9.52. The first-order chi connectivity index (χ1) is 13.7. The normalized spacial score (nSPS) is 11.5. The number of hydrogen-bond acceptors (Lipinski definition) is 6. The summed E-state index contributed by atoms with van der Waals surface area (Å²) in [5.74, 6) is 2.48. The molecule has 0 spiro atoms. The Morgan fingerprint density at radius 2 is 1.52 bits per heavy atom. The number of carbonyl (C=O) groups excluding carboxylic acids is 1. The van der Waals surface area contributed by atoms with E-state index in [2.05, 4.69) is 20.9 Å². The monoisotopic (exact) mass is 410 g/mol. The van der Waals surface area contributed by atoms with E-state index in [0.717, 1.165) is 5.56 Å². The molecule has 0 fully saturated rings. The quantitative estimate of drug-likeness (QED) is 0.326. The second kappa shape index (κ2) is 11.9. The van der Waals surface area contributed by atoms with Crippen LogP contribution in [0.15, 0.2) is 17.1 Å². The zero-order valence-corrected chi connectivity index (χ0v) is 18.5. The van der Waals surface area contributed by atoms with E-state index in [4.69, 9.17) is 18.9 Å². The summed E-state index contributed by atoms with van der Waals surface area (Å²) in [5, 5.41) is 9.04. The van der Waals surface area contributed by atoms with Crippen LogP contribution in [0.25, 0.3) is 0 Å². The standard InChI is InChI=1S/C20H34N4O5/c1-8-21-18(22-9-10-23-19(25)29-20(2,3)4)24-13-14-11-16(27-6)17(28-7)12-15(14)26-5/h11-12H,8-10,13H2,1-7H3,(H,23,25)(H2,21,22,24). The number of methoxy groups -OCH3 is 3. The van der Waals surface area contributed by atoms with Gasteiger partial charge < -0.3 is 34.9 Å². The van der Waals surface area contributed by atoms with Gasteiger partial charge in [0, 0.05) is 31.3 Å². The minimum Gasteiger partial charge on any atom is -0.496 e. The van der Waals surface area contributed by atoms with E-state index in [-0.39, 0.29) is 0 Å². The Hall–Kier alpha value is -2.84. The Labute approximate surface area is 173 Å². The average Bonchev–Trinajstić information content (AvgIpc) is 2.67. The summed E-state index contributed by atoms with van der Waals surface area (Å²) in [6.07, 6.45) is -0.448. The Morgan fingerprint density at radius 1 is 0.931 bits per heavy atom. The van der Waals surface area contributed by atoms with Crippen LogP contribution in [0.2, 0.25) is 0 Å². The smallest absolute Gasteiger partial charge is 0.407 e. The molecule has 9 nitrogen and oxygen atoms in total. The molecule has 29 heavy (non-hydrogen) atoms. The fraction of sp³-hybridized carbons (Fsp3) is 0.600. The molecule has 0 radical (unpaired) electrons. The number of ether oxygens (including phenoxy) is 4. The molecular weight excluding hydrogens is 376 g/mol. The van der Waals surface area contributed by atoms with E-state index in [0.29, 0.717) is 49.4 Å². The number of aliphatic imine (C=N–C) groups is 1. The van der Waals surface area contributed by atoms with Gasteiger partial charge in [-0.15, -0.1) is 0 Å². The molecule has 0 aromatic heterocycles. The second-order valence-electron chi connectivity index (χ2n) is 7.07. The third-order valence-electron chi connectivity index (χ3n) is 3.62. The minimum absolute atomic E-state index is 0.373. The van der Waals surface area contributed by atoms with Gasteiger partial charge in [0.1, 0.15) is 11.4 Å². The maximum atomic E-state index is 11.7. The van der Waals surface area contributed by atoms with Crippen LogP contribution in [0.4, 0.5) is 4.79 Å². The van der Waals surface area contributed by atoms with E-state index in [1.54, 1.807) is 27.4 Å². The first-order valence-corrected chi connectivity index (χ1v) is 9.52. The van der Waals surface area contributed by atoms with E-state index in [1.165, 1.54) is 0 Å². The van der Waals surface area contributed by atoms with Crippen molar-refractivity contribution in [1.82, 2.24) is 16.0 Å². The molecule has 0 aliphatic heterocycles. The lowest BCUT2D eigenvalue weighted by Crippen LogP contribution is -2.42. The van der Waals surface area contributed by atoms with Crippen molar-refractivity contribution < 1.29 is 23.7 Å². The molecule has 0 heterocycles. The summed E-state index contributed by atoms with van der Waals surface area (Å²) >= 11 is 0. The zero-order chi connectivity index (χ0) is 21.9. The Bertz CT molecular complexity index is 686. The van der Waals surface area contributed by atoms with Gasteiger partial charge in [-0.05, 0) is 33.8 Å². The molecule has 164 valence electrons. The van der Waals surface area contributed by atoms with Crippen LogP contribution in [0.1, 0.15) is 33.3 Å². The maximum absolute atomic E-state index is 11.7. The van der Waals surface area contributed by atoms with Crippen molar-refractivity contribution in [3.8, 4) is 17.2 Å². The molecule has 1 aromatic carbocycles. The third kappa shape index (κ3) is 8.80. The molecule has 0 aliphatic rings. The highest BCUT2D eigenvalue weighted by Crippen LogP contribution is 2.34. The Kier molecular flexibility index (Phi) is 9.91. The maximum Gasteiger partial charge on any atom is 0.407 e. The van der Waals surface area contributed by atoms with Gasteiger partial charge in [-0.1, -0.05) is 0 Å². The third-order valence-corrected chi connectivity index (χ3v) is 3.62. The zero-order valence-electron chi connectivity index (χ0n) is 18.5. The van der Waals surface area contributed by atoms with Crippen LogP contribution in [-0.2, 0) is 11.3 Å². The van der Waals surface area contributed by atoms with Crippen LogP contribution >= 0.6 is 0 Å². The molecule has 1 aromatic rings. The molecule has 3 N–H and O–H groups in total. The average molecular weight is 411 g/mol. The van der Waals surface area contributed by atoms with Crippen molar-refractivity contribution in [2.45, 2.75) is 39.8 Å². The van der Waals surface area contributed by atoms with Crippen LogP contribution in [0.5, 0.6) is 17.2 Å². The molecule has 0 atom stereocenters. The number of nitrogens with zero attached hydrogens (tertiary/aromatic N) is 1. The predicted molar refractivity (Wildman–Crippen MR) is 113 cm³/mol. The number of guanidine groups is 1. The van der Waals surface area contributed by atoms with Gasteiger partial charge in [0.25, 0.3) is 0 Å². The molecule has 0 aliphatic carbocycles. The highest BCUT2D eigenvalue weighted by atomic mass is 16.6. The van der Waals surface area contributed by atoms with Crippen molar-refractivity contribution >= 4 is 12.1 Å². The predicted octanol–water partition coefficient (Wildman–Crippen LogP) is 2.29. The summed E-state index contributed by atoms with van der Waals surface area (Å²) in [6.45, 7) is 9.42. The fourth-order valence-electron chi connectivity index (χ4n) is 2.38. The van der Waals surface area contributed by atoms with Gasteiger partial charge in [0.2, 0.25) is 0 Å². The molecule has 0 unspecified atom stereocenters. The van der Waals surface area contributed by atoms with Crippen LogP contribution in [0, 0.1) is 0 Å². The van der Waals surface area contributed by atoms with Gasteiger partial charge in [-0.25, -0.2) is 9.79 Å². The summed E-state index contributed by atoms with van der Waals surface area (Å²) in [7, 11) is 4.76. The molecule has 1 rings (SSSR count). The highest BCUT2D eigenvalue weighted by molar-refractivity contribution is 5.79. The lowest BCUT2D eigenvalue weighted by atomic mass is 10.1. The molecule has 0 saturated carbocycles. The Morgan fingerprint density at radius 3 is 2.07 bits per heavy atom. The molecular formula is C20H34N4O5. The lowest BCUT2D eigenvalue weighted by Gasteiger charge is -2.20. The topological polar surface area (TPSA) is 102 Å². The summed E-state index contributed by atoms with van der Waals surface area (Å²) in [4.78, 5) is 16.3. The van der Waals surface area contributed by atoms with Gasteiger partial charge in [0.05, 0.1) is 27.9 Å². The molecule has 1 amide bonds. The molecule has 0 saturated heterocycles. The van der Waals surface area contributed by atoms with Crippen LogP contribution in [0.3, 0.4) is 0 Å². The van der Waals surface area contributed by atoms with Crippen molar-refractivity contribution in [2.24, 2.45) is 4.99 Å².